The Morgan fingerprint density at radius 3 is 2.20 bits per heavy atom. The minimum Gasteiger partial charge on any atom is -0.376 e. The van der Waals surface area contributed by atoms with Gasteiger partial charge in [0.05, 0.1) is 17.1 Å². The lowest BCUT2D eigenvalue weighted by Crippen LogP contribution is -2.15. The van der Waals surface area contributed by atoms with Crippen LogP contribution >= 0.6 is 0 Å². The van der Waals surface area contributed by atoms with E-state index in [2.05, 4.69) is 149 Å². The molecule has 1 atom stereocenters. The van der Waals surface area contributed by atoms with Crippen LogP contribution < -0.4 is 4.90 Å². The van der Waals surface area contributed by atoms with Crippen LogP contribution in [0, 0.1) is 5.41 Å². The number of hydrogen-bond donors (Lipinski definition) is 0. The van der Waals surface area contributed by atoms with Crippen LogP contribution in [0.25, 0.3) is 39.5 Å². The van der Waals surface area contributed by atoms with Crippen LogP contribution in [0.3, 0.4) is 0 Å². The molecule has 4 nitrogen and oxygen atoms in total. The zero-order valence-electron chi connectivity index (χ0n) is 25.3. The van der Waals surface area contributed by atoms with E-state index in [0.717, 1.165) is 34.9 Å². The van der Waals surface area contributed by atoms with E-state index < -0.39 is 0 Å². The molecule has 0 saturated heterocycles. The molecule has 1 fully saturated rings. The standard InChI is InChI=1S/C37H40N4/c1-25(2)28-15-11-12-16-29(28)32-22-30(31(23-39-32)37(5)24-36(37,3)4)35-38-19-20-41(35)33-18-17-27(21-34(33)40(6)7)26-13-9-8-10-14-26/h8-23,25H,24H2,1-7H3. The molecule has 0 radical (unpaired) electrons. The number of nitrogens with zero attached hydrogens (tertiary/aromatic N) is 4. The minimum atomic E-state index is 0.0454. The second kappa shape index (κ2) is 10.0. The van der Waals surface area contributed by atoms with E-state index >= 15 is 0 Å². The highest BCUT2D eigenvalue weighted by molar-refractivity contribution is 5.78. The van der Waals surface area contributed by atoms with Crippen LogP contribution in [0.5, 0.6) is 0 Å². The number of hydrogen-bond acceptors (Lipinski definition) is 3. The van der Waals surface area contributed by atoms with Crippen molar-refractivity contribution in [2.45, 2.75) is 52.4 Å². The van der Waals surface area contributed by atoms with E-state index in [-0.39, 0.29) is 10.8 Å². The summed E-state index contributed by atoms with van der Waals surface area (Å²) in [4.78, 5) is 12.3. The van der Waals surface area contributed by atoms with Gasteiger partial charge in [-0.1, -0.05) is 95.3 Å². The lowest BCUT2D eigenvalue weighted by Gasteiger charge is -2.23. The maximum Gasteiger partial charge on any atom is 0.144 e. The molecular formula is C37H40N4. The van der Waals surface area contributed by atoms with Crippen molar-refractivity contribution >= 4 is 5.69 Å². The van der Waals surface area contributed by atoms with Crippen LogP contribution in [0.2, 0.25) is 0 Å². The molecule has 5 aromatic rings. The van der Waals surface area contributed by atoms with Gasteiger partial charge in [-0.15, -0.1) is 0 Å². The van der Waals surface area contributed by atoms with Gasteiger partial charge in [-0.05, 0) is 58.2 Å². The molecule has 2 aromatic heterocycles. The molecule has 2 heterocycles. The van der Waals surface area contributed by atoms with Gasteiger partial charge in [-0.2, -0.15) is 0 Å². The first-order chi connectivity index (χ1) is 19.6. The molecule has 208 valence electrons. The summed E-state index contributed by atoms with van der Waals surface area (Å²) < 4.78 is 2.25. The molecule has 1 aliphatic rings. The Labute approximate surface area is 244 Å². The minimum absolute atomic E-state index is 0.0454. The number of imidazole rings is 1. The first kappa shape index (κ1) is 27.0. The van der Waals surface area contributed by atoms with Crippen molar-refractivity contribution in [1.29, 1.82) is 0 Å². The Bertz CT molecular complexity index is 1710. The van der Waals surface area contributed by atoms with Gasteiger partial charge in [0, 0.05) is 49.2 Å². The van der Waals surface area contributed by atoms with Gasteiger partial charge in [0.2, 0.25) is 0 Å². The third-order valence-corrected chi connectivity index (χ3v) is 9.23. The van der Waals surface area contributed by atoms with Crippen LogP contribution in [0.1, 0.15) is 58.1 Å². The zero-order chi connectivity index (χ0) is 28.9. The highest BCUT2D eigenvalue weighted by Gasteiger charge is 2.59. The van der Waals surface area contributed by atoms with Gasteiger partial charge in [0.25, 0.3) is 0 Å². The summed E-state index contributed by atoms with van der Waals surface area (Å²) in [6, 6.07) is 28.2. The van der Waals surface area contributed by atoms with E-state index in [1.54, 1.807) is 0 Å². The number of benzene rings is 3. The van der Waals surface area contributed by atoms with Gasteiger partial charge in [0.1, 0.15) is 5.82 Å². The summed E-state index contributed by atoms with van der Waals surface area (Å²) in [7, 11) is 4.22. The fraction of sp³-hybridized carbons (Fsp3) is 0.297. The molecule has 0 bridgehead atoms. The monoisotopic (exact) mass is 540 g/mol. The maximum atomic E-state index is 5.08. The number of pyridine rings is 1. The third-order valence-electron chi connectivity index (χ3n) is 9.23. The van der Waals surface area contributed by atoms with Crippen molar-refractivity contribution in [2.75, 3.05) is 19.0 Å². The first-order valence-electron chi connectivity index (χ1n) is 14.6. The summed E-state index contributed by atoms with van der Waals surface area (Å²) in [5.74, 6) is 1.36. The van der Waals surface area contributed by atoms with E-state index in [1.807, 2.05) is 6.20 Å². The average molecular weight is 541 g/mol. The topological polar surface area (TPSA) is 34.0 Å². The Hall–Kier alpha value is -4.18. The highest BCUT2D eigenvalue weighted by Crippen LogP contribution is 2.65. The molecule has 0 N–H and O–H groups in total. The predicted octanol–water partition coefficient (Wildman–Crippen LogP) is 9.15. The molecule has 1 saturated carbocycles. The van der Waals surface area contributed by atoms with Gasteiger partial charge < -0.3 is 4.90 Å². The fourth-order valence-corrected chi connectivity index (χ4v) is 6.35. The van der Waals surface area contributed by atoms with Crippen LogP contribution in [0.15, 0.2) is 97.5 Å². The number of aromatic nitrogens is 3. The first-order valence-corrected chi connectivity index (χ1v) is 14.6. The summed E-state index contributed by atoms with van der Waals surface area (Å²) in [6.45, 7) is 11.6. The van der Waals surface area contributed by atoms with E-state index in [4.69, 9.17) is 9.97 Å². The van der Waals surface area contributed by atoms with Crippen molar-refractivity contribution in [3.63, 3.8) is 0 Å². The Morgan fingerprint density at radius 1 is 0.805 bits per heavy atom. The van der Waals surface area contributed by atoms with Gasteiger partial charge in [0.15, 0.2) is 0 Å². The summed E-state index contributed by atoms with van der Waals surface area (Å²) in [5, 5.41) is 0. The van der Waals surface area contributed by atoms with Crippen molar-refractivity contribution in [1.82, 2.24) is 14.5 Å². The Balaban J connectivity index is 1.55. The molecule has 4 heteroatoms. The van der Waals surface area contributed by atoms with Gasteiger partial charge >= 0.3 is 0 Å². The van der Waals surface area contributed by atoms with Crippen molar-refractivity contribution in [3.8, 4) is 39.5 Å². The Kier molecular flexibility index (Phi) is 6.60. The van der Waals surface area contributed by atoms with Crippen LogP contribution in [-0.4, -0.2) is 28.6 Å². The van der Waals surface area contributed by atoms with Crippen LogP contribution in [-0.2, 0) is 5.41 Å². The maximum absolute atomic E-state index is 5.08. The number of rotatable bonds is 7. The van der Waals surface area contributed by atoms with Crippen molar-refractivity contribution in [3.05, 3.63) is 109 Å². The van der Waals surface area contributed by atoms with Crippen molar-refractivity contribution in [2.24, 2.45) is 5.41 Å². The molecule has 41 heavy (non-hydrogen) atoms. The molecule has 0 amide bonds. The van der Waals surface area contributed by atoms with Gasteiger partial charge in [-0.3, -0.25) is 9.55 Å². The third kappa shape index (κ3) is 4.65. The molecule has 3 aromatic carbocycles. The molecular weight excluding hydrogens is 500 g/mol. The smallest absolute Gasteiger partial charge is 0.144 e. The highest BCUT2D eigenvalue weighted by atomic mass is 15.1. The SMILES string of the molecule is CC(C)c1ccccc1-c1cc(-c2nccn2-c2ccc(-c3ccccc3)cc2N(C)C)c(C2(C)CC2(C)C)cn1. The second-order valence-electron chi connectivity index (χ2n) is 12.8. The molecule has 0 aliphatic heterocycles. The van der Waals surface area contributed by atoms with E-state index in [0.29, 0.717) is 5.92 Å². The van der Waals surface area contributed by atoms with E-state index in [1.165, 1.54) is 27.8 Å². The Morgan fingerprint density at radius 2 is 1.51 bits per heavy atom. The average Bonchev–Trinajstić information content (AvgIpc) is 3.27. The molecule has 1 unspecified atom stereocenters. The molecule has 1 aliphatic carbocycles. The lowest BCUT2D eigenvalue weighted by molar-refractivity contribution is 0.528. The quantitative estimate of drug-likeness (QED) is 0.206. The lowest BCUT2D eigenvalue weighted by atomic mass is 9.86. The zero-order valence-corrected chi connectivity index (χ0v) is 25.3. The van der Waals surface area contributed by atoms with Gasteiger partial charge in [-0.25, -0.2) is 4.98 Å². The van der Waals surface area contributed by atoms with Crippen molar-refractivity contribution < 1.29 is 0 Å². The number of anilines is 1. The van der Waals surface area contributed by atoms with Crippen LogP contribution in [0.4, 0.5) is 5.69 Å². The largest absolute Gasteiger partial charge is 0.376 e. The summed E-state index contributed by atoms with van der Waals surface area (Å²) >= 11 is 0. The normalized spacial score (nSPS) is 17.6. The summed E-state index contributed by atoms with van der Waals surface area (Å²) in [6.07, 6.45) is 7.27. The van der Waals surface area contributed by atoms with E-state index in [9.17, 15) is 0 Å². The predicted molar refractivity (Wildman–Crippen MR) is 172 cm³/mol. The molecule has 0 spiro atoms. The fourth-order valence-electron chi connectivity index (χ4n) is 6.35. The second-order valence-corrected chi connectivity index (χ2v) is 12.8. The molecule has 6 rings (SSSR count). The summed E-state index contributed by atoms with van der Waals surface area (Å²) in [5.41, 5.74) is 10.8.